The van der Waals surface area contributed by atoms with Gasteiger partial charge in [-0.15, -0.1) is 0 Å². The average molecular weight is 274 g/mol. The zero-order chi connectivity index (χ0) is 14.5. The van der Waals surface area contributed by atoms with Gasteiger partial charge < -0.3 is 9.47 Å². The molecule has 1 amide bonds. The second-order valence-electron chi connectivity index (χ2n) is 4.59. The zero-order valence-electron chi connectivity index (χ0n) is 11.8. The minimum atomic E-state index is -0.262. The lowest BCUT2D eigenvalue weighted by molar-refractivity contribution is -0.130. The van der Waals surface area contributed by atoms with Gasteiger partial charge in [0, 0.05) is 30.7 Å². The molecule has 0 bridgehead atoms. The van der Waals surface area contributed by atoms with E-state index in [0.29, 0.717) is 19.5 Å². The molecule has 1 heterocycles. The molecule has 0 aliphatic heterocycles. The first-order valence-electron chi connectivity index (χ1n) is 6.85. The van der Waals surface area contributed by atoms with Gasteiger partial charge in [-0.2, -0.15) is 0 Å². The summed E-state index contributed by atoms with van der Waals surface area (Å²) in [5, 5.41) is 0. The molecule has 0 N–H and O–H groups in total. The first kappa shape index (κ1) is 14.3. The van der Waals surface area contributed by atoms with E-state index in [2.05, 4.69) is 0 Å². The fraction of sp³-hybridized carbons (Fsp3) is 0.312. The van der Waals surface area contributed by atoms with Crippen molar-refractivity contribution < 1.29 is 9.18 Å². The van der Waals surface area contributed by atoms with Crippen molar-refractivity contribution in [2.75, 3.05) is 13.1 Å². The van der Waals surface area contributed by atoms with Crippen LogP contribution >= 0.6 is 0 Å². The zero-order valence-corrected chi connectivity index (χ0v) is 11.8. The predicted molar refractivity (Wildman–Crippen MR) is 77.4 cm³/mol. The summed E-state index contributed by atoms with van der Waals surface area (Å²) in [6, 6.07) is 10.1. The molecule has 0 unspecified atom stereocenters. The third-order valence-electron chi connectivity index (χ3n) is 3.39. The Hall–Kier alpha value is -2.10. The summed E-state index contributed by atoms with van der Waals surface area (Å²) in [5.74, 6) is -0.154. The van der Waals surface area contributed by atoms with Crippen LogP contribution in [0.1, 0.15) is 19.5 Å². The van der Waals surface area contributed by atoms with Gasteiger partial charge in [-0.05, 0) is 50.2 Å². The van der Waals surface area contributed by atoms with Crippen LogP contribution in [-0.2, 0) is 11.2 Å². The van der Waals surface area contributed by atoms with Crippen molar-refractivity contribution in [3.05, 3.63) is 54.1 Å². The van der Waals surface area contributed by atoms with E-state index in [1.54, 1.807) is 12.1 Å². The monoisotopic (exact) mass is 274 g/mol. The number of amides is 1. The molecule has 2 rings (SSSR count). The molecule has 0 fully saturated rings. The number of hydrogen-bond acceptors (Lipinski definition) is 1. The van der Waals surface area contributed by atoms with Crippen molar-refractivity contribution in [3.63, 3.8) is 0 Å². The highest BCUT2D eigenvalue weighted by molar-refractivity contribution is 5.78. The Bertz CT molecular complexity index is 570. The molecule has 2 aromatic rings. The van der Waals surface area contributed by atoms with Crippen LogP contribution in [0, 0.1) is 5.82 Å². The number of nitrogens with zero attached hydrogens (tertiary/aromatic N) is 2. The van der Waals surface area contributed by atoms with E-state index in [9.17, 15) is 9.18 Å². The lowest BCUT2D eigenvalue weighted by Gasteiger charge is -2.19. The first-order chi connectivity index (χ1) is 9.65. The number of carbonyl (C=O) groups is 1. The standard InChI is InChI=1S/C16H19FN2O/c1-3-18(4-2)16(20)12-15-6-5-11-19(15)14-9-7-13(17)8-10-14/h5-11H,3-4,12H2,1-2H3. The molecule has 0 aliphatic rings. The third-order valence-corrected chi connectivity index (χ3v) is 3.39. The average Bonchev–Trinajstić information content (AvgIpc) is 2.89. The molecule has 0 saturated carbocycles. The second kappa shape index (κ2) is 6.37. The Morgan fingerprint density at radius 2 is 1.80 bits per heavy atom. The van der Waals surface area contributed by atoms with Crippen LogP contribution in [0.15, 0.2) is 42.6 Å². The maximum Gasteiger partial charge on any atom is 0.228 e. The van der Waals surface area contributed by atoms with Gasteiger partial charge in [0.1, 0.15) is 5.82 Å². The molecule has 1 aromatic heterocycles. The van der Waals surface area contributed by atoms with Crippen LogP contribution in [0.25, 0.3) is 5.69 Å². The van der Waals surface area contributed by atoms with Crippen LogP contribution in [0.4, 0.5) is 4.39 Å². The summed E-state index contributed by atoms with van der Waals surface area (Å²) >= 11 is 0. The van der Waals surface area contributed by atoms with E-state index < -0.39 is 0 Å². The van der Waals surface area contributed by atoms with E-state index in [-0.39, 0.29) is 11.7 Å². The Kier molecular flexibility index (Phi) is 4.56. The van der Waals surface area contributed by atoms with Crippen molar-refractivity contribution in [2.24, 2.45) is 0 Å². The minimum absolute atomic E-state index is 0.108. The Labute approximate surface area is 118 Å². The van der Waals surface area contributed by atoms with Gasteiger partial charge in [-0.1, -0.05) is 0 Å². The maximum absolute atomic E-state index is 13.0. The summed E-state index contributed by atoms with van der Waals surface area (Å²) in [6.45, 7) is 5.38. The van der Waals surface area contributed by atoms with E-state index in [4.69, 9.17) is 0 Å². The van der Waals surface area contributed by atoms with Gasteiger partial charge in [0.25, 0.3) is 0 Å². The summed E-state index contributed by atoms with van der Waals surface area (Å²) in [6.07, 6.45) is 2.24. The molecule has 0 aliphatic carbocycles. The van der Waals surface area contributed by atoms with Crippen molar-refractivity contribution in [2.45, 2.75) is 20.3 Å². The van der Waals surface area contributed by atoms with Crippen molar-refractivity contribution in [3.8, 4) is 5.69 Å². The van der Waals surface area contributed by atoms with E-state index in [1.165, 1.54) is 12.1 Å². The molecular formula is C16H19FN2O. The topological polar surface area (TPSA) is 25.2 Å². The molecule has 0 saturated heterocycles. The summed E-state index contributed by atoms with van der Waals surface area (Å²) in [4.78, 5) is 14.0. The van der Waals surface area contributed by atoms with Crippen molar-refractivity contribution >= 4 is 5.91 Å². The van der Waals surface area contributed by atoms with Gasteiger partial charge >= 0.3 is 0 Å². The van der Waals surface area contributed by atoms with Crippen LogP contribution in [-0.4, -0.2) is 28.5 Å². The highest BCUT2D eigenvalue weighted by Crippen LogP contribution is 2.14. The van der Waals surface area contributed by atoms with Gasteiger partial charge in [0.2, 0.25) is 5.91 Å². The quantitative estimate of drug-likeness (QED) is 0.822. The smallest absolute Gasteiger partial charge is 0.228 e. The van der Waals surface area contributed by atoms with Gasteiger partial charge in [0.15, 0.2) is 0 Å². The summed E-state index contributed by atoms with van der Waals surface area (Å²) < 4.78 is 14.9. The largest absolute Gasteiger partial charge is 0.343 e. The molecule has 20 heavy (non-hydrogen) atoms. The molecule has 3 nitrogen and oxygen atoms in total. The van der Waals surface area contributed by atoms with Crippen LogP contribution < -0.4 is 0 Å². The van der Waals surface area contributed by atoms with Crippen LogP contribution in [0.3, 0.4) is 0 Å². The van der Waals surface area contributed by atoms with E-state index >= 15 is 0 Å². The molecule has 0 atom stereocenters. The lowest BCUT2D eigenvalue weighted by Crippen LogP contribution is -2.32. The van der Waals surface area contributed by atoms with E-state index in [1.807, 2.05) is 41.6 Å². The number of likely N-dealkylation sites (N-methyl/N-ethyl adjacent to an activating group) is 1. The van der Waals surface area contributed by atoms with Gasteiger partial charge in [0.05, 0.1) is 6.42 Å². The number of benzene rings is 1. The van der Waals surface area contributed by atoms with Gasteiger partial charge in [-0.3, -0.25) is 4.79 Å². The lowest BCUT2D eigenvalue weighted by atomic mass is 10.2. The Morgan fingerprint density at radius 3 is 2.40 bits per heavy atom. The highest BCUT2D eigenvalue weighted by atomic mass is 19.1. The van der Waals surface area contributed by atoms with Crippen LogP contribution in [0.5, 0.6) is 0 Å². The number of carbonyl (C=O) groups excluding carboxylic acids is 1. The Balaban J connectivity index is 2.21. The SMILES string of the molecule is CCN(CC)C(=O)Cc1cccn1-c1ccc(F)cc1. The normalized spacial score (nSPS) is 10.6. The van der Waals surface area contributed by atoms with Crippen molar-refractivity contribution in [1.29, 1.82) is 0 Å². The number of hydrogen-bond donors (Lipinski definition) is 0. The second-order valence-corrected chi connectivity index (χ2v) is 4.59. The Morgan fingerprint density at radius 1 is 1.15 bits per heavy atom. The molecule has 4 heteroatoms. The number of halogens is 1. The number of rotatable bonds is 5. The van der Waals surface area contributed by atoms with Crippen molar-refractivity contribution in [1.82, 2.24) is 9.47 Å². The fourth-order valence-corrected chi connectivity index (χ4v) is 2.26. The predicted octanol–water partition coefficient (Wildman–Crippen LogP) is 3.03. The summed E-state index contributed by atoms with van der Waals surface area (Å²) in [5.41, 5.74) is 1.77. The minimum Gasteiger partial charge on any atom is -0.343 e. The van der Waals surface area contributed by atoms with E-state index in [0.717, 1.165) is 11.4 Å². The summed E-state index contributed by atoms with van der Waals surface area (Å²) in [7, 11) is 0. The molecule has 0 spiro atoms. The molecule has 106 valence electrons. The fourth-order valence-electron chi connectivity index (χ4n) is 2.26. The molecule has 0 radical (unpaired) electrons. The molecular weight excluding hydrogens is 255 g/mol. The number of aromatic nitrogens is 1. The van der Waals surface area contributed by atoms with Gasteiger partial charge in [-0.25, -0.2) is 4.39 Å². The third kappa shape index (κ3) is 3.07. The maximum atomic E-state index is 13.0. The molecule has 1 aromatic carbocycles. The van der Waals surface area contributed by atoms with Crippen LogP contribution in [0.2, 0.25) is 0 Å². The first-order valence-corrected chi connectivity index (χ1v) is 6.85. The highest BCUT2D eigenvalue weighted by Gasteiger charge is 2.13.